The second kappa shape index (κ2) is 9.51. The third-order valence-electron chi connectivity index (χ3n) is 5.44. The number of aryl methyl sites for hydroxylation is 3. The fourth-order valence-electron chi connectivity index (χ4n) is 3.69. The van der Waals surface area contributed by atoms with Gasteiger partial charge in [-0.05, 0) is 37.6 Å². The van der Waals surface area contributed by atoms with E-state index >= 15 is 0 Å². The minimum Gasteiger partial charge on any atom is -0.368 e. The molecule has 0 bridgehead atoms. The minimum absolute atomic E-state index is 0.153. The smallest absolute Gasteiger partial charge is 0.259 e. The standard InChI is InChI=1S/C23H27N5O2S/c1-4-20-25-23(30-26-20)18-6-8-21(24-14-18)31-15-22(29)28-11-9-27(10-12-28)19-7-5-16(2)13-17(19)3/h5-8,13-14H,4,9-12,15H2,1-3H3. The number of rotatable bonds is 6. The first-order valence-electron chi connectivity index (χ1n) is 10.5. The summed E-state index contributed by atoms with van der Waals surface area (Å²) in [6.07, 6.45) is 2.44. The summed E-state index contributed by atoms with van der Waals surface area (Å²) in [5.74, 6) is 1.69. The first-order valence-corrected chi connectivity index (χ1v) is 11.5. The van der Waals surface area contributed by atoms with Gasteiger partial charge in [-0.3, -0.25) is 4.79 Å². The molecule has 1 fully saturated rings. The highest BCUT2D eigenvalue weighted by atomic mass is 32.2. The van der Waals surface area contributed by atoms with Crippen molar-refractivity contribution >= 4 is 23.4 Å². The fraction of sp³-hybridized carbons (Fsp3) is 0.391. The first kappa shape index (κ1) is 21.4. The van der Waals surface area contributed by atoms with Crippen LogP contribution in [0.25, 0.3) is 11.5 Å². The van der Waals surface area contributed by atoms with E-state index in [9.17, 15) is 4.79 Å². The number of hydrogen-bond acceptors (Lipinski definition) is 7. The van der Waals surface area contributed by atoms with Crippen LogP contribution in [0.1, 0.15) is 23.9 Å². The number of thioether (sulfide) groups is 1. The van der Waals surface area contributed by atoms with Crippen molar-refractivity contribution in [3.8, 4) is 11.5 Å². The van der Waals surface area contributed by atoms with E-state index in [1.54, 1.807) is 6.20 Å². The van der Waals surface area contributed by atoms with Crippen molar-refractivity contribution in [1.29, 1.82) is 0 Å². The molecule has 4 rings (SSSR count). The third kappa shape index (κ3) is 5.07. The lowest BCUT2D eigenvalue weighted by molar-refractivity contribution is -0.128. The van der Waals surface area contributed by atoms with E-state index in [0.29, 0.717) is 17.5 Å². The molecule has 1 aliphatic rings. The van der Waals surface area contributed by atoms with Crippen LogP contribution in [0, 0.1) is 13.8 Å². The minimum atomic E-state index is 0.153. The lowest BCUT2D eigenvalue weighted by Crippen LogP contribution is -2.49. The molecule has 0 aliphatic carbocycles. The van der Waals surface area contributed by atoms with Crippen LogP contribution < -0.4 is 4.90 Å². The normalized spacial score (nSPS) is 14.2. The Morgan fingerprint density at radius 1 is 1.13 bits per heavy atom. The molecule has 8 heteroatoms. The molecule has 0 radical (unpaired) electrons. The quantitative estimate of drug-likeness (QED) is 0.544. The molecular formula is C23H27N5O2S. The van der Waals surface area contributed by atoms with Crippen LogP contribution >= 0.6 is 11.8 Å². The summed E-state index contributed by atoms with van der Waals surface area (Å²) in [7, 11) is 0. The molecule has 3 heterocycles. The monoisotopic (exact) mass is 437 g/mol. The third-order valence-corrected chi connectivity index (χ3v) is 6.37. The summed E-state index contributed by atoms with van der Waals surface area (Å²) in [5.41, 5.74) is 4.61. The van der Waals surface area contributed by atoms with Crippen LogP contribution in [0.2, 0.25) is 0 Å². The van der Waals surface area contributed by atoms with Gasteiger partial charge in [0.25, 0.3) is 5.89 Å². The van der Waals surface area contributed by atoms with Crippen LogP contribution in [0.3, 0.4) is 0 Å². The van der Waals surface area contributed by atoms with Crippen LogP contribution in [-0.4, -0.2) is 57.9 Å². The number of pyridine rings is 1. The average Bonchev–Trinajstić information content (AvgIpc) is 3.27. The summed E-state index contributed by atoms with van der Waals surface area (Å²) >= 11 is 1.45. The molecule has 31 heavy (non-hydrogen) atoms. The van der Waals surface area contributed by atoms with Crippen LogP contribution in [0.4, 0.5) is 5.69 Å². The molecule has 1 amide bonds. The highest BCUT2D eigenvalue weighted by Gasteiger charge is 2.22. The Labute approximate surface area is 186 Å². The Bertz CT molecular complexity index is 1040. The van der Waals surface area contributed by atoms with Gasteiger partial charge >= 0.3 is 0 Å². The Morgan fingerprint density at radius 2 is 1.94 bits per heavy atom. The second-order valence-corrected chi connectivity index (χ2v) is 8.70. The molecule has 162 valence electrons. The summed E-state index contributed by atoms with van der Waals surface area (Å²) in [6.45, 7) is 9.45. The maximum absolute atomic E-state index is 12.7. The zero-order chi connectivity index (χ0) is 21.8. The van der Waals surface area contributed by atoms with Gasteiger partial charge in [-0.25, -0.2) is 4.98 Å². The molecule has 3 aromatic rings. The van der Waals surface area contributed by atoms with Crippen molar-refractivity contribution in [2.24, 2.45) is 0 Å². The van der Waals surface area contributed by atoms with Crippen molar-refractivity contribution in [3.63, 3.8) is 0 Å². The molecule has 1 saturated heterocycles. The first-order chi connectivity index (χ1) is 15.0. The molecule has 1 aromatic carbocycles. The van der Waals surface area contributed by atoms with Crippen molar-refractivity contribution in [2.75, 3.05) is 36.8 Å². The number of carbonyl (C=O) groups excluding carboxylic acids is 1. The Kier molecular flexibility index (Phi) is 6.56. The number of carbonyl (C=O) groups is 1. The fourth-order valence-corrected chi connectivity index (χ4v) is 4.44. The largest absolute Gasteiger partial charge is 0.368 e. The van der Waals surface area contributed by atoms with E-state index in [1.165, 1.54) is 28.6 Å². The summed E-state index contributed by atoms with van der Waals surface area (Å²) < 4.78 is 5.24. The second-order valence-electron chi connectivity index (χ2n) is 7.70. The van der Waals surface area contributed by atoms with E-state index in [2.05, 4.69) is 52.1 Å². The molecule has 7 nitrogen and oxygen atoms in total. The number of piperazine rings is 1. The molecule has 0 spiro atoms. The van der Waals surface area contributed by atoms with E-state index in [-0.39, 0.29) is 5.91 Å². The van der Waals surface area contributed by atoms with E-state index in [0.717, 1.165) is 43.2 Å². The van der Waals surface area contributed by atoms with Crippen molar-refractivity contribution in [2.45, 2.75) is 32.2 Å². The number of aromatic nitrogens is 3. The van der Waals surface area contributed by atoms with Crippen LogP contribution in [-0.2, 0) is 11.2 Å². The van der Waals surface area contributed by atoms with Gasteiger partial charge in [-0.2, -0.15) is 4.98 Å². The summed E-state index contributed by atoms with van der Waals surface area (Å²) in [4.78, 5) is 25.7. The van der Waals surface area contributed by atoms with Crippen molar-refractivity contribution in [3.05, 3.63) is 53.5 Å². The van der Waals surface area contributed by atoms with Gasteiger partial charge in [0.15, 0.2) is 5.82 Å². The Morgan fingerprint density at radius 3 is 2.58 bits per heavy atom. The highest BCUT2D eigenvalue weighted by Crippen LogP contribution is 2.24. The zero-order valence-electron chi connectivity index (χ0n) is 18.2. The molecule has 0 unspecified atom stereocenters. The SMILES string of the molecule is CCc1noc(-c2ccc(SCC(=O)N3CCN(c4ccc(C)cc4C)CC3)nc2)n1. The van der Waals surface area contributed by atoms with Gasteiger partial charge in [0.05, 0.1) is 16.3 Å². The van der Waals surface area contributed by atoms with Gasteiger partial charge in [0.1, 0.15) is 0 Å². The number of amides is 1. The molecular weight excluding hydrogens is 410 g/mol. The number of anilines is 1. The lowest BCUT2D eigenvalue weighted by atomic mass is 10.1. The predicted molar refractivity (Wildman–Crippen MR) is 122 cm³/mol. The maximum Gasteiger partial charge on any atom is 0.259 e. The summed E-state index contributed by atoms with van der Waals surface area (Å²) in [5, 5.41) is 4.71. The van der Waals surface area contributed by atoms with E-state index in [4.69, 9.17) is 4.52 Å². The van der Waals surface area contributed by atoms with Gasteiger partial charge < -0.3 is 14.3 Å². The van der Waals surface area contributed by atoms with Gasteiger partial charge in [-0.1, -0.05) is 41.5 Å². The molecule has 2 aromatic heterocycles. The number of hydrogen-bond donors (Lipinski definition) is 0. The van der Waals surface area contributed by atoms with Crippen LogP contribution in [0.5, 0.6) is 0 Å². The predicted octanol–water partition coefficient (Wildman–Crippen LogP) is 3.75. The number of nitrogens with zero attached hydrogens (tertiary/aromatic N) is 5. The van der Waals surface area contributed by atoms with Gasteiger partial charge in [0, 0.05) is 44.5 Å². The molecule has 0 saturated carbocycles. The topological polar surface area (TPSA) is 75.4 Å². The summed E-state index contributed by atoms with van der Waals surface area (Å²) in [6, 6.07) is 10.3. The molecule has 0 N–H and O–H groups in total. The van der Waals surface area contributed by atoms with E-state index < -0.39 is 0 Å². The van der Waals surface area contributed by atoms with E-state index in [1.807, 2.05) is 24.0 Å². The van der Waals surface area contributed by atoms with Crippen molar-refractivity contribution in [1.82, 2.24) is 20.0 Å². The van der Waals surface area contributed by atoms with Gasteiger partial charge in [-0.15, -0.1) is 0 Å². The van der Waals surface area contributed by atoms with Crippen LogP contribution in [0.15, 0.2) is 46.1 Å². The zero-order valence-corrected chi connectivity index (χ0v) is 19.0. The lowest BCUT2D eigenvalue weighted by Gasteiger charge is -2.37. The Hall–Kier alpha value is -2.87. The van der Waals surface area contributed by atoms with Gasteiger partial charge in [0.2, 0.25) is 5.91 Å². The highest BCUT2D eigenvalue weighted by molar-refractivity contribution is 7.99. The number of benzene rings is 1. The molecule has 0 atom stereocenters. The van der Waals surface area contributed by atoms with Crippen molar-refractivity contribution < 1.29 is 9.32 Å². The molecule has 1 aliphatic heterocycles. The Balaban J connectivity index is 1.27. The maximum atomic E-state index is 12.7. The average molecular weight is 438 g/mol.